The second-order valence-electron chi connectivity index (χ2n) is 10.6. The van der Waals surface area contributed by atoms with Crippen molar-refractivity contribution < 1.29 is 19.5 Å². The molecular formula is C27H27NO4. The predicted octanol–water partition coefficient (Wildman–Crippen LogP) is 5.33. The van der Waals surface area contributed by atoms with Crippen molar-refractivity contribution in [3.63, 3.8) is 0 Å². The summed E-state index contributed by atoms with van der Waals surface area (Å²) in [5, 5.41) is 9.35. The van der Waals surface area contributed by atoms with E-state index in [1.165, 1.54) is 61.6 Å². The van der Waals surface area contributed by atoms with Crippen molar-refractivity contribution in [2.75, 3.05) is 0 Å². The van der Waals surface area contributed by atoms with Crippen molar-refractivity contribution in [3.05, 3.63) is 70.8 Å². The van der Waals surface area contributed by atoms with Crippen LogP contribution in [0.25, 0.3) is 0 Å². The molecule has 0 spiro atoms. The maximum absolute atomic E-state index is 13.5. The Morgan fingerprint density at radius 1 is 0.906 bits per heavy atom. The molecule has 5 nitrogen and oxygen atoms in total. The van der Waals surface area contributed by atoms with Crippen LogP contribution < -0.4 is 0 Å². The summed E-state index contributed by atoms with van der Waals surface area (Å²) >= 11 is 0. The van der Waals surface area contributed by atoms with Gasteiger partial charge in [0.2, 0.25) is 0 Å². The fraction of sp³-hybridized carbons (Fsp3) is 0.444. The highest BCUT2D eigenvalue weighted by Crippen LogP contribution is 2.63. The Kier molecular flexibility index (Phi) is 4.33. The van der Waals surface area contributed by atoms with Gasteiger partial charge in [0, 0.05) is 0 Å². The molecule has 1 heterocycles. The first-order valence-corrected chi connectivity index (χ1v) is 11.7. The SMILES string of the molecule is O=C(O)c1ccc2c(c1)C(=O)N(C(CC13CC4CC(CC(C4)C1)C3)c1ccccc1)C2=O. The van der Waals surface area contributed by atoms with Crippen LogP contribution in [-0.2, 0) is 0 Å². The van der Waals surface area contributed by atoms with Crippen molar-refractivity contribution in [2.24, 2.45) is 23.2 Å². The molecule has 2 aromatic rings. The monoisotopic (exact) mass is 429 g/mol. The summed E-state index contributed by atoms with van der Waals surface area (Å²) in [4.78, 5) is 39.8. The molecule has 1 aliphatic heterocycles. The lowest BCUT2D eigenvalue weighted by molar-refractivity contribution is -0.0665. The van der Waals surface area contributed by atoms with E-state index >= 15 is 0 Å². The van der Waals surface area contributed by atoms with Gasteiger partial charge in [-0.15, -0.1) is 0 Å². The number of carboxylic acids is 1. The van der Waals surface area contributed by atoms with Crippen LogP contribution in [0.4, 0.5) is 0 Å². The lowest BCUT2D eigenvalue weighted by Gasteiger charge is -2.58. The number of carbonyl (C=O) groups excluding carboxylic acids is 2. The van der Waals surface area contributed by atoms with Crippen LogP contribution in [0.5, 0.6) is 0 Å². The molecule has 32 heavy (non-hydrogen) atoms. The van der Waals surface area contributed by atoms with Gasteiger partial charge in [-0.1, -0.05) is 30.3 Å². The van der Waals surface area contributed by atoms with Crippen LogP contribution in [0.1, 0.15) is 87.6 Å². The Labute approximate surface area is 187 Å². The molecule has 4 bridgehead atoms. The molecule has 7 rings (SSSR count). The second-order valence-corrected chi connectivity index (χ2v) is 10.6. The molecule has 1 N–H and O–H groups in total. The summed E-state index contributed by atoms with van der Waals surface area (Å²) in [6.07, 6.45) is 8.45. The molecule has 1 atom stereocenters. The third-order valence-corrected chi connectivity index (χ3v) is 8.45. The summed E-state index contributed by atoms with van der Waals surface area (Å²) in [6, 6.07) is 13.8. The molecule has 1 unspecified atom stereocenters. The number of rotatable bonds is 5. The third kappa shape index (κ3) is 3.01. The molecule has 2 amide bonds. The van der Waals surface area contributed by atoms with E-state index in [1.807, 2.05) is 30.3 Å². The summed E-state index contributed by atoms with van der Waals surface area (Å²) in [5.41, 5.74) is 1.73. The Hall–Kier alpha value is -2.95. The number of amides is 2. The van der Waals surface area contributed by atoms with E-state index in [0.717, 1.165) is 29.7 Å². The number of imide groups is 1. The molecule has 164 valence electrons. The number of aromatic carboxylic acids is 1. The smallest absolute Gasteiger partial charge is 0.335 e. The van der Waals surface area contributed by atoms with Gasteiger partial charge in [-0.05, 0) is 91.9 Å². The number of hydrogen-bond acceptors (Lipinski definition) is 3. The van der Waals surface area contributed by atoms with Crippen LogP contribution >= 0.6 is 0 Å². The topological polar surface area (TPSA) is 74.7 Å². The number of hydrogen-bond donors (Lipinski definition) is 1. The predicted molar refractivity (Wildman–Crippen MR) is 118 cm³/mol. The van der Waals surface area contributed by atoms with Gasteiger partial charge >= 0.3 is 5.97 Å². The van der Waals surface area contributed by atoms with Crippen molar-refractivity contribution >= 4 is 17.8 Å². The average molecular weight is 430 g/mol. The van der Waals surface area contributed by atoms with Gasteiger partial charge in [-0.3, -0.25) is 14.5 Å². The van der Waals surface area contributed by atoms with Crippen LogP contribution in [0.3, 0.4) is 0 Å². The molecule has 4 aliphatic carbocycles. The van der Waals surface area contributed by atoms with Gasteiger partial charge in [0.15, 0.2) is 0 Å². The van der Waals surface area contributed by atoms with Crippen LogP contribution in [-0.4, -0.2) is 27.8 Å². The van der Waals surface area contributed by atoms with Gasteiger partial charge in [-0.25, -0.2) is 4.79 Å². The quantitative estimate of drug-likeness (QED) is 0.652. The fourth-order valence-corrected chi connectivity index (χ4v) is 7.66. The number of nitrogens with zero attached hydrogens (tertiary/aromatic N) is 1. The molecule has 4 saturated carbocycles. The van der Waals surface area contributed by atoms with E-state index in [2.05, 4.69) is 0 Å². The highest BCUT2D eigenvalue weighted by Gasteiger charge is 2.53. The Bertz CT molecular complexity index is 1090. The zero-order valence-electron chi connectivity index (χ0n) is 18.0. The summed E-state index contributed by atoms with van der Waals surface area (Å²) in [5.74, 6) is 0.598. The minimum atomic E-state index is -1.10. The number of benzene rings is 2. The lowest BCUT2D eigenvalue weighted by atomic mass is 9.48. The van der Waals surface area contributed by atoms with Crippen molar-refractivity contribution in [1.29, 1.82) is 0 Å². The van der Waals surface area contributed by atoms with Crippen LogP contribution in [0.15, 0.2) is 48.5 Å². The van der Waals surface area contributed by atoms with E-state index in [9.17, 15) is 19.5 Å². The zero-order chi connectivity index (χ0) is 22.0. The van der Waals surface area contributed by atoms with Crippen molar-refractivity contribution in [2.45, 2.75) is 51.0 Å². The normalized spacial score (nSPS) is 31.1. The molecule has 0 aromatic heterocycles. The number of carboxylic acid groups (broad SMARTS) is 1. The van der Waals surface area contributed by atoms with E-state index in [-0.39, 0.29) is 34.4 Å². The molecule has 2 aromatic carbocycles. The molecule has 5 aliphatic rings. The minimum Gasteiger partial charge on any atom is -0.478 e. The van der Waals surface area contributed by atoms with Gasteiger partial charge in [-0.2, -0.15) is 0 Å². The molecule has 0 saturated heterocycles. The van der Waals surface area contributed by atoms with E-state index in [4.69, 9.17) is 0 Å². The Balaban J connectivity index is 1.39. The Morgan fingerprint density at radius 2 is 1.50 bits per heavy atom. The summed E-state index contributed by atoms with van der Waals surface area (Å²) in [6.45, 7) is 0. The standard InChI is InChI=1S/C27H27NO4/c29-24-21-7-6-20(26(31)32)11-22(21)25(30)28(24)23(19-4-2-1-3-5-19)15-27-12-16-8-17(13-27)10-18(9-16)14-27/h1-7,11,16-18,23H,8-10,12-15H2,(H,31,32). The maximum atomic E-state index is 13.5. The van der Waals surface area contributed by atoms with Gasteiger partial charge in [0.1, 0.15) is 0 Å². The van der Waals surface area contributed by atoms with Crippen molar-refractivity contribution in [1.82, 2.24) is 4.90 Å². The first kappa shape index (κ1) is 19.7. The maximum Gasteiger partial charge on any atom is 0.335 e. The molecule has 5 heteroatoms. The van der Waals surface area contributed by atoms with E-state index < -0.39 is 5.97 Å². The largest absolute Gasteiger partial charge is 0.478 e. The first-order chi connectivity index (χ1) is 15.4. The summed E-state index contributed by atoms with van der Waals surface area (Å²) in [7, 11) is 0. The van der Waals surface area contributed by atoms with Gasteiger partial charge in [0.05, 0.1) is 22.7 Å². The summed E-state index contributed by atoms with van der Waals surface area (Å²) < 4.78 is 0. The van der Waals surface area contributed by atoms with E-state index in [1.54, 1.807) is 0 Å². The van der Waals surface area contributed by atoms with Gasteiger partial charge in [0.25, 0.3) is 11.8 Å². The number of carbonyl (C=O) groups is 3. The zero-order valence-corrected chi connectivity index (χ0v) is 18.0. The van der Waals surface area contributed by atoms with Crippen molar-refractivity contribution in [3.8, 4) is 0 Å². The molecule has 4 fully saturated rings. The van der Waals surface area contributed by atoms with Crippen LogP contribution in [0.2, 0.25) is 0 Å². The fourth-order valence-electron chi connectivity index (χ4n) is 7.66. The average Bonchev–Trinajstić information content (AvgIpc) is 3.01. The molecule has 0 radical (unpaired) electrons. The van der Waals surface area contributed by atoms with Gasteiger partial charge < -0.3 is 5.11 Å². The number of fused-ring (bicyclic) bond motifs is 1. The highest BCUT2D eigenvalue weighted by molar-refractivity contribution is 6.22. The minimum absolute atomic E-state index is 0.0316. The lowest BCUT2D eigenvalue weighted by Crippen LogP contribution is -2.48. The highest BCUT2D eigenvalue weighted by atomic mass is 16.4. The first-order valence-electron chi connectivity index (χ1n) is 11.7. The third-order valence-electron chi connectivity index (χ3n) is 8.45. The molecular weight excluding hydrogens is 402 g/mol. The second kappa shape index (κ2) is 7.03. The van der Waals surface area contributed by atoms with Crippen LogP contribution in [0, 0.1) is 23.2 Å². The Morgan fingerprint density at radius 3 is 2.09 bits per heavy atom. The van der Waals surface area contributed by atoms with E-state index in [0.29, 0.717) is 5.56 Å².